The van der Waals surface area contributed by atoms with E-state index in [1.165, 1.54) is 6.33 Å². The van der Waals surface area contributed by atoms with E-state index in [0.717, 1.165) is 0 Å². The van der Waals surface area contributed by atoms with E-state index in [1.807, 2.05) is 0 Å². The van der Waals surface area contributed by atoms with E-state index in [9.17, 15) is 9.59 Å². The molecule has 9 heteroatoms. The Bertz CT molecular complexity index is 612. The molecule has 1 aromatic heterocycles. The van der Waals surface area contributed by atoms with E-state index in [2.05, 4.69) is 25.8 Å². The smallest absolute Gasteiger partial charge is 0.258 e. The molecule has 22 heavy (non-hydrogen) atoms. The molecule has 2 rings (SSSR count). The first-order valence-corrected chi connectivity index (χ1v) is 6.36. The van der Waals surface area contributed by atoms with Gasteiger partial charge in [0.05, 0.1) is 13.7 Å². The molecule has 1 aromatic carbocycles. The largest absolute Gasteiger partial charge is 0.497 e. The van der Waals surface area contributed by atoms with Crippen LogP contribution in [0.5, 0.6) is 11.5 Å². The number of nitrogens with zero attached hydrogens (tertiary/aromatic N) is 2. The summed E-state index contributed by atoms with van der Waals surface area (Å²) in [6, 6.07) is 6.81. The molecule has 0 aliphatic rings. The van der Waals surface area contributed by atoms with Gasteiger partial charge in [-0.25, -0.2) is 5.10 Å². The molecule has 2 aromatic rings. The van der Waals surface area contributed by atoms with E-state index in [1.54, 1.807) is 31.4 Å². The number of H-pyrrole nitrogens is 1. The summed E-state index contributed by atoms with van der Waals surface area (Å²) < 4.78 is 10.3. The molecule has 0 fully saturated rings. The number of benzene rings is 1. The highest BCUT2D eigenvalue weighted by atomic mass is 16.5. The molecule has 116 valence electrons. The molecule has 0 aliphatic carbocycles. The monoisotopic (exact) mass is 305 g/mol. The lowest BCUT2D eigenvalue weighted by Gasteiger charge is -2.08. The maximum absolute atomic E-state index is 11.6. The van der Waals surface area contributed by atoms with Crippen LogP contribution < -0.4 is 20.1 Å². The van der Waals surface area contributed by atoms with Crippen LogP contribution in [0.15, 0.2) is 30.6 Å². The summed E-state index contributed by atoms with van der Waals surface area (Å²) in [5.41, 5.74) is 0. The van der Waals surface area contributed by atoms with Gasteiger partial charge >= 0.3 is 0 Å². The van der Waals surface area contributed by atoms with Gasteiger partial charge < -0.3 is 14.8 Å². The number of rotatable bonds is 7. The molecule has 0 radical (unpaired) electrons. The van der Waals surface area contributed by atoms with E-state index in [0.29, 0.717) is 11.5 Å². The van der Waals surface area contributed by atoms with Gasteiger partial charge in [0.1, 0.15) is 17.8 Å². The van der Waals surface area contributed by atoms with Gasteiger partial charge in [0, 0.05) is 0 Å². The van der Waals surface area contributed by atoms with Gasteiger partial charge in [0.2, 0.25) is 11.9 Å². The zero-order valence-corrected chi connectivity index (χ0v) is 11.8. The van der Waals surface area contributed by atoms with Gasteiger partial charge in [-0.15, -0.1) is 0 Å². The number of anilines is 1. The van der Waals surface area contributed by atoms with Crippen LogP contribution >= 0.6 is 0 Å². The third-order valence-corrected chi connectivity index (χ3v) is 2.55. The second-order valence-corrected chi connectivity index (χ2v) is 4.12. The number of hydrogen-bond acceptors (Lipinski definition) is 6. The second kappa shape index (κ2) is 7.62. The molecule has 9 nitrogen and oxygen atoms in total. The van der Waals surface area contributed by atoms with Crippen molar-refractivity contribution in [2.45, 2.75) is 0 Å². The fourth-order valence-electron chi connectivity index (χ4n) is 1.49. The summed E-state index contributed by atoms with van der Waals surface area (Å²) in [7, 11) is 1.56. The van der Waals surface area contributed by atoms with Crippen LogP contribution in [0.1, 0.15) is 0 Å². The molecular formula is C13H15N5O4. The summed E-state index contributed by atoms with van der Waals surface area (Å²) in [5, 5.41) is 10.9. The molecular weight excluding hydrogens is 290 g/mol. The lowest BCUT2D eigenvalue weighted by Crippen LogP contribution is -2.35. The molecule has 0 saturated carbocycles. The van der Waals surface area contributed by atoms with Crippen LogP contribution in [0.4, 0.5) is 5.95 Å². The summed E-state index contributed by atoms with van der Waals surface area (Å²) in [6.07, 6.45) is 1.26. The highest BCUT2D eigenvalue weighted by molar-refractivity contribution is 5.93. The molecule has 1 heterocycles. The minimum atomic E-state index is -0.422. The SMILES string of the molecule is COc1ccc(OCC(=O)NCC(=O)Nc2ncn[nH]2)cc1. The average molecular weight is 305 g/mol. The number of carbonyl (C=O) groups is 2. The van der Waals surface area contributed by atoms with Crippen molar-refractivity contribution in [2.24, 2.45) is 0 Å². The number of methoxy groups -OCH3 is 1. The van der Waals surface area contributed by atoms with Gasteiger partial charge in [-0.1, -0.05) is 0 Å². The van der Waals surface area contributed by atoms with Crippen molar-refractivity contribution in [3.05, 3.63) is 30.6 Å². The molecule has 0 unspecified atom stereocenters. The first-order valence-electron chi connectivity index (χ1n) is 6.36. The maximum atomic E-state index is 11.6. The Kier molecular flexibility index (Phi) is 5.30. The summed E-state index contributed by atoms with van der Waals surface area (Å²) in [6.45, 7) is -0.382. The molecule has 0 bridgehead atoms. The van der Waals surface area contributed by atoms with Crippen molar-refractivity contribution < 1.29 is 19.1 Å². The number of ether oxygens (including phenoxy) is 2. The third kappa shape index (κ3) is 4.78. The zero-order valence-electron chi connectivity index (χ0n) is 11.8. The number of hydrogen-bond donors (Lipinski definition) is 3. The fourth-order valence-corrected chi connectivity index (χ4v) is 1.49. The minimum Gasteiger partial charge on any atom is -0.497 e. The number of amides is 2. The summed E-state index contributed by atoms with van der Waals surface area (Å²) in [4.78, 5) is 26.8. The quantitative estimate of drug-likeness (QED) is 0.660. The van der Waals surface area contributed by atoms with Gasteiger partial charge in [-0.2, -0.15) is 10.1 Å². The number of aromatic nitrogens is 3. The Balaban J connectivity index is 1.67. The Hall–Kier alpha value is -3.10. The van der Waals surface area contributed by atoms with Crippen LogP contribution in [-0.2, 0) is 9.59 Å². The topological polar surface area (TPSA) is 118 Å². The van der Waals surface area contributed by atoms with E-state index in [4.69, 9.17) is 9.47 Å². The Labute approximate surface area is 126 Å². The first kappa shape index (κ1) is 15.3. The summed E-state index contributed by atoms with van der Waals surface area (Å²) in [5.74, 6) is 0.606. The predicted octanol–water partition coefficient (Wildman–Crippen LogP) is -0.0530. The molecule has 2 amide bonds. The maximum Gasteiger partial charge on any atom is 0.258 e. The predicted molar refractivity (Wildman–Crippen MR) is 76.5 cm³/mol. The van der Waals surface area contributed by atoms with Crippen molar-refractivity contribution in [2.75, 3.05) is 25.6 Å². The highest BCUT2D eigenvalue weighted by Gasteiger charge is 2.08. The van der Waals surface area contributed by atoms with Gasteiger partial charge in [-0.3, -0.25) is 14.9 Å². The van der Waals surface area contributed by atoms with Crippen molar-refractivity contribution in [3.8, 4) is 11.5 Å². The lowest BCUT2D eigenvalue weighted by molar-refractivity contribution is -0.125. The number of nitrogens with one attached hydrogen (secondary N) is 3. The highest BCUT2D eigenvalue weighted by Crippen LogP contribution is 2.16. The minimum absolute atomic E-state index is 0.189. The summed E-state index contributed by atoms with van der Waals surface area (Å²) >= 11 is 0. The first-order chi connectivity index (χ1) is 10.7. The van der Waals surface area contributed by atoms with Crippen LogP contribution in [0.2, 0.25) is 0 Å². The van der Waals surface area contributed by atoms with Crippen molar-refractivity contribution in [1.29, 1.82) is 0 Å². The molecule has 3 N–H and O–H groups in total. The molecule has 0 saturated heterocycles. The third-order valence-electron chi connectivity index (χ3n) is 2.55. The Morgan fingerprint density at radius 3 is 2.55 bits per heavy atom. The Morgan fingerprint density at radius 2 is 1.91 bits per heavy atom. The van der Waals surface area contributed by atoms with Gasteiger partial charge in [-0.05, 0) is 24.3 Å². The lowest BCUT2D eigenvalue weighted by atomic mass is 10.3. The van der Waals surface area contributed by atoms with Crippen LogP contribution in [-0.4, -0.2) is 47.3 Å². The zero-order chi connectivity index (χ0) is 15.8. The van der Waals surface area contributed by atoms with E-state index < -0.39 is 11.8 Å². The van der Waals surface area contributed by atoms with Crippen molar-refractivity contribution in [1.82, 2.24) is 20.5 Å². The second-order valence-electron chi connectivity index (χ2n) is 4.12. The van der Waals surface area contributed by atoms with Crippen LogP contribution in [0.25, 0.3) is 0 Å². The number of carbonyl (C=O) groups excluding carboxylic acids is 2. The molecule has 0 atom stereocenters. The van der Waals surface area contributed by atoms with Crippen LogP contribution in [0, 0.1) is 0 Å². The normalized spacial score (nSPS) is 9.86. The molecule has 0 aliphatic heterocycles. The van der Waals surface area contributed by atoms with Crippen molar-refractivity contribution in [3.63, 3.8) is 0 Å². The van der Waals surface area contributed by atoms with Gasteiger partial charge in [0.25, 0.3) is 5.91 Å². The average Bonchev–Trinajstić information content (AvgIpc) is 3.04. The Morgan fingerprint density at radius 1 is 1.18 bits per heavy atom. The van der Waals surface area contributed by atoms with E-state index >= 15 is 0 Å². The fraction of sp³-hybridized carbons (Fsp3) is 0.231. The van der Waals surface area contributed by atoms with Gasteiger partial charge in [0.15, 0.2) is 6.61 Å². The van der Waals surface area contributed by atoms with E-state index in [-0.39, 0.29) is 19.1 Å². The number of aromatic amines is 1. The van der Waals surface area contributed by atoms with Crippen LogP contribution in [0.3, 0.4) is 0 Å². The van der Waals surface area contributed by atoms with Crippen molar-refractivity contribution >= 4 is 17.8 Å². The standard InChI is InChI=1S/C13H15N5O4/c1-21-9-2-4-10(5-3-9)22-7-12(20)14-6-11(19)17-13-15-8-16-18-13/h2-5,8H,6-7H2,1H3,(H,14,20)(H2,15,16,17,18,19). The molecule has 0 spiro atoms.